The van der Waals surface area contributed by atoms with E-state index in [0.717, 1.165) is 22.6 Å². The van der Waals surface area contributed by atoms with Crippen LogP contribution in [0.1, 0.15) is 41.0 Å². The Morgan fingerprint density at radius 1 is 1.02 bits per heavy atom. The fourth-order valence-corrected chi connectivity index (χ4v) is 6.78. The van der Waals surface area contributed by atoms with Crippen molar-refractivity contribution in [2.24, 2.45) is 4.99 Å². The molecule has 0 N–H and O–H groups in total. The minimum atomic E-state index is -0.883. The summed E-state index contributed by atoms with van der Waals surface area (Å²) in [6.45, 7) is 5.80. The second-order valence-corrected chi connectivity index (χ2v) is 12.1. The van der Waals surface area contributed by atoms with Crippen LogP contribution >= 0.6 is 34.5 Å². The zero-order valence-corrected chi connectivity index (χ0v) is 26.3. The van der Waals surface area contributed by atoms with Crippen LogP contribution in [0.25, 0.3) is 17.5 Å². The van der Waals surface area contributed by atoms with Crippen LogP contribution in [0.5, 0.6) is 0 Å². The summed E-state index contributed by atoms with van der Waals surface area (Å²) in [4.78, 5) is 33.0. The van der Waals surface area contributed by atoms with Gasteiger partial charge in [-0.2, -0.15) is 0 Å². The number of ether oxygens (including phenoxy) is 1. The molecular formula is C34H26Cl2FN3O3S. The van der Waals surface area contributed by atoms with Crippen LogP contribution in [0.2, 0.25) is 10.0 Å². The topological polar surface area (TPSA) is 65.6 Å². The largest absolute Gasteiger partial charge is 0.463 e. The van der Waals surface area contributed by atoms with E-state index >= 15 is 0 Å². The first-order valence-electron chi connectivity index (χ1n) is 13.9. The van der Waals surface area contributed by atoms with Crippen LogP contribution < -0.4 is 14.9 Å². The van der Waals surface area contributed by atoms with E-state index in [1.54, 1.807) is 31.2 Å². The van der Waals surface area contributed by atoms with E-state index in [1.165, 1.54) is 28.0 Å². The van der Waals surface area contributed by atoms with Gasteiger partial charge in [0.25, 0.3) is 5.56 Å². The Hall–Kier alpha value is -4.24. The third kappa shape index (κ3) is 5.34. The fourth-order valence-electron chi connectivity index (χ4n) is 5.50. The van der Waals surface area contributed by atoms with Gasteiger partial charge >= 0.3 is 5.97 Å². The third-order valence-electron chi connectivity index (χ3n) is 7.48. The van der Waals surface area contributed by atoms with Crippen LogP contribution in [-0.4, -0.2) is 21.7 Å². The average Bonchev–Trinajstić information content (AvgIpc) is 3.48. The van der Waals surface area contributed by atoms with E-state index in [4.69, 9.17) is 32.9 Å². The molecule has 1 aliphatic heterocycles. The highest BCUT2D eigenvalue weighted by Gasteiger charge is 2.35. The molecule has 44 heavy (non-hydrogen) atoms. The van der Waals surface area contributed by atoms with Gasteiger partial charge in [-0.1, -0.05) is 77.0 Å². The summed E-state index contributed by atoms with van der Waals surface area (Å²) in [6.07, 6.45) is 1.83. The highest BCUT2D eigenvalue weighted by molar-refractivity contribution is 7.07. The van der Waals surface area contributed by atoms with Gasteiger partial charge in [0.1, 0.15) is 5.82 Å². The second kappa shape index (κ2) is 12.0. The van der Waals surface area contributed by atoms with Crippen molar-refractivity contribution < 1.29 is 13.9 Å². The van der Waals surface area contributed by atoms with Gasteiger partial charge in [-0.3, -0.25) is 9.36 Å². The van der Waals surface area contributed by atoms with Gasteiger partial charge in [-0.25, -0.2) is 14.2 Å². The first-order valence-corrected chi connectivity index (χ1v) is 15.4. The number of aryl methyl sites for hydroxylation is 1. The van der Waals surface area contributed by atoms with E-state index in [2.05, 4.69) is 0 Å². The molecule has 3 heterocycles. The Bertz CT molecular complexity index is 2130. The summed E-state index contributed by atoms with van der Waals surface area (Å²) in [5.41, 5.74) is 5.08. The summed E-state index contributed by atoms with van der Waals surface area (Å²) < 4.78 is 23.5. The van der Waals surface area contributed by atoms with E-state index in [0.29, 0.717) is 36.2 Å². The lowest BCUT2D eigenvalue weighted by atomic mass is 9.93. The zero-order valence-electron chi connectivity index (χ0n) is 24.0. The van der Waals surface area contributed by atoms with Crippen molar-refractivity contribution in [1.82, 2.24) is 9.13 Å². The summed E-state index contributed by atoms with van der Waals surface area (Å²) in [7, 11) is 0. The molecule has 3 aromatic carbocycles. The number of benzene rings is 3. The highest BCUT2D eigenvalue weighted by atomic mass is 35.5. The lowest BCUT2D eigenvalue weighted by Crippen LogP contribution is -2.40. The molecule has 0 aliphatic carbocycles. The molecule has 6 nitrogen and oxygen atoms in total. The quantitative estimate of drug-likeness (QED) is 0.191. The number of aromatic nitrogens is 2. The van der Waals surface area contributed by atoms with Crippen LogP contribution in [0, 0.1) is 19.7 Å². The SMILES string of the molecule is CCOC(=O)C1=C(c2ccccc2)N=c2s/c(=C\c3cc(C)n(-c4ccc(Cl)c(Cl)c4)c3C)c(=O)n2[C@H]1c1ccc(F)cc1. The van der Waals surface area contributed by atoms with Gasteiger partial charge in [-0.15, -0.1) is 0 Å². The number of hydrogen-bond donors (Lipinski definition) is 0. The van der Waals surface area contributed by atoms with E-state index in [-0.39, 0.29) is 17.7 Å². The molecule has 2 aromatic heterocycles. The normalized spacial score (nSPS) is 14.9. The number of carbonyl (C=O) groups is 1. The van der Waals surface area contributed by atoms with Crippen molar-refractivity contribution in [2.45, 2.75) is 26.8 Å². The summed E-state index contributed by atoms with van der Waals surface area (Å²) in [5.74, 6) is -1.02. The van der Waals surface area contributed by atoms with Gasteiger partial charge in [0.2, 0.25) is 0 Å². The van der Waals surface area contributed by atoms with Crippen molar-refractivity contribution in [3.63, 3.8) is 0 Å². The standard InChI is InChI=1S/C34H26Cl2FN3O3S/c1-4-43-33(42)29-30(21-8-6-5-7-9-21)38-34-40(31(29)22-10-12-24(37)13-11-22)32(41)28(44-34)17-23-16-19(2)39(20(23)3)25-14-15-26(35)27(36)18-25/h5-18,31H,4H2,1-3H3/b28-17-/t31-/m0/s1. The van der Waals surface area contributed by atoms with Crippen molar-refractivity contribution in [2.75, 3.05) is 6.61 Å². The minimum absolute atomic E-state index is 0.138. The molecule has 1 aliphatic rings. The first kappa shape index (κ1) is 29.8. The number of nitrogens with zero attached hydrogens (tertiary/aromatic N) is 3. The predicted octanol–water partition coefficient (Wildman–Crippen LogP) is 6.79. The molecule has 6 rings (SSSR count). The molecule has 10 heteroatoms. The maximum atomic E-state index is 14.2. The zero-order chi connectivity index (χ0) is 31.1. The summed E-state index contributed by atoms with van der Waals surface area (Å²) >= 11 is 13.7. The van der Waals surface area contributed by atoms with Gasteiger partial charge in [0.15, 0.2) is 4.80 Å². The number of halogens is 3. The molecule has 0 radical (unpaired) electrons. The minimum Gasteiger partial charge on any atom is -0.463 e. The molecule has 0 saturated heterocycles. The Kier molecular flexibility index (Phi) is 8.16. The Labute approximate surface area is 266 Å². The monoisotopic (exact) mass is 645 g/mol. The first-order chi connectivity index (χ1) is 21.2. The Morgan fingerprint density at radius 3 is 2.43 bits per heavy atom. The molecule has 0 amide bonds. The number of hydrogen-bond acceptors (Lipinski definition) is 5. The smallest absolute Gasteiger partial charge is 0.338 e. The lowest BCUT2D eigenvalue weighted by molar-refractivity contribution is -0.138. The summed E-state index contributed by atoms with van der Waals surface area (Å²) in [5, 5.41) is 0.908. The third-order valence-corrected chi connectivity index (χ3v) is 9.20. The average molecular weight is 647 g/mol. The molecule has 0 saturated carbocycles. The molecule has 0 unspecified atom stereocenters. The van der Waals surface area contributed by atoms with Crippen LogP contribution in [0.15, 0.2) is 94.2 Å². The molecule has 5 aromatic rings. The molecular weight excluding hydrogens is 620 g/mol. The van der Waals surface area contributed by atoms with Crippen LogP contribution in [0.4, 0.5) is 4.39 Å². The number of rotatable bonds is 6. The number of thiazole rings is 1. The van der Waals surface area contributed by atoms with Crippen molar-refractivity contribution in [3.8, 4) is 5.69 Å². The van der Waals surface area contributed by atoms with Gasteiger partial charge < -0.3 is 9.30 Å². The molecule has 0 fully saturated rings. The summed E-state index contributed by atoms with van der Waals surface area (Å²) in [6, 6.07) is 21.6. The van der Waals surface area contributed by atoms with Crippen LogP contribution in [-0.2, 0) is 9.53 Å². The Balaban J connectivity index is 1.59. The molecule has 222 valence electrons. The van der Waals surface area contributed by atoms with Gasteiger partial charge in [0, 0.05) is 22.6 Å². The van der Waals surface area contributed by atoms with Crippen LogP contribution in [0.3, 0.4) is 0 Å². The van der Waals surface area contributed by atoms with Gasteiger partial charge in [-0.05, 0) is 74.4 Å². The van der Waals surface area contributed by atoms with Crippen molar-refractivity contribution in [3.05, 3.63) is 148 Å². The van der Waals surface area contributed by atoms with Crippen molar-refractivity contribution >= 4 is 52.3 Å². The maximum absolute atomic E-state index is 14.2. The molecule has 0 bridgehead atoms. The van der Waals surface area contributed by atoms with Crippen molar-refractivity contribution in [1.29, 1.82) is 0 Å². The number of fused-ring (bicyclic) bond motifs is 1. The fraction of sp³-hybridized carbons (Fsp3) is 0.147. The van der Waals surface area contributed by atoms with E-state index in [1.807, 2.05) is 67.0 Å². The highest BCUT2D eigenvalue weighted by Crippen LogP contribution is 2.35. The lowest BCUT2D eigenvalue weighted by Gasteiger charge is -2.25. The van der Waals surface area contributed by atoms with Gasteiger partial charge in [0.05, 0.1) is 38.5 Å². The Morgan fingerprint density at radius 2 is 1.75 bits per heavy atom. The maximum Gasteiger partial charge on any atom is 0.338 e. The second-order valence-electron chi connectivity index (χ2n) is 10.2. The van der Waals surface area contributed by atoms with E-state index < -0.39 is 17.8 Å². The number of carbonyl (C=O) groups excluding carboxylic acids is 1. The molecule has 1 atom stereocenters. The van der Waals surface area contributed by atoms with E-state index in [9.17, 15) is 14.0 Å². The molecule has 0 spiro atoms. The number of esters is 1. The predicted molar refractivity (Wildman–Crippen MR) is 173 cm³/mol.